The molecule has 0 N–H and O–H groups in total. The van der Waals surface area contributed by atoms with Crippen molar-refractivity contribution in [3.8, 4) is 0 Å². The van der Waals surface area contributed by atoms with Crippen molar-refractivity contribution in [2.75, 3.05) is 19.7 Å². The third-order valence-corrected chi connectivity index (χ3v) is 3.19. The molecule has 0 fully saturated rings. The maximum absolute atomic E-state index is 12.6. The molecule has 0 aliphatic carbocycles. The number of carbonyl (C=O) groups excluding carboxylic acids is 2. The highest BCUT2D eigenvalue weighted by Crippen LogP contribution is 2.24. The number of carbonyl (C=O) groups is 2. The zero-order valence-corrected chi connectivity index (χ0v) is 12.9. The van der Waals surface area contributed by atoms with Crippen LogP contribution in [0.25, 0.3) is 0 Å². The number of hydrogen-bond acceptors (Lipinski definition) is 3. The van der Waals surface area contributed by atoms with Crippen molar-refractivity contribution in [2.45, 2.75) is 13.1 Å². The van der Waals surface area contributed by atoms with Crippen LogP contribution in [0, 0.1) is 0 Å². The Morgan fingerprint density at radius 2 is 1.86 bits per heavy atom. The molecule has 0 heterocycles. The fourth-order valence-corrected chi connectivity index (χ4v) is 1.89. The highest BCUT2D eigenvalue weighted by molar-refractivity contribution is 6.42. The predicted octanol–water partition coefficient (Wildman–Crippen LogP) is 3.56. The fourth-order valence-electron chi connectivity index (χ4n) is 1.59. The van der Waals surface area contributed by atoms with E-state index in [-0.39, 0.29) is 22.2 Å². The molecule has 0 aliphatic rings. The molecule has 0 unspecified atom stereocenters. The first-order valence-electron chi connectivity index (χ1n) is 6.10. The summed E-state index contributed by atoms with van der Waals surface area (Å²) in [4.78, 5) is 23.9. The number of alkyl halides is 3. The van der Waals surface area contributed by atoms with E-state index in [1.807, 2.05) is 0 Å². The number of ether oxygens (including phenoxy) is 1. The lowest BCUT2D eigenvalue weighted by Crippen LogP contribution is -2.42. The smallest absolute Gasteiger partial charge is 0.406 e. The van der Waals surface area contributed by atoms with Crippen LogP contribution in [-0.4, -0.2) is 42.6 Å². The first-order valence-corrected chi connectivity index (χ1v) is 6.86. The Kier molecular flexibility index (Phi) is 6.49. The van der Waals surface area contributed by atoms with Crippen molar-refractivity contribution in [1.29, 1.82) is 0 Å². The lowest BCUT2D eigenvalue weighted by atomic mass is 10.2. The van der Waals surface area contributed by atoms with Crippen LogP contribution >= 0.6 is 23.2 Å². The maximum Gasteiger partial charge on any atom is 0.406 e. The molecule has 0 atom stereocenters. The van der Waals surface area contributed by atoms with Gasteiger partial charge in [0.15, 0.2) is 0 Å². The fraction of sp³-hybridized carbons (Fsp3) is 0.385. The van der Waals surface area contributed by atoms with E-state index in [0.29, 0.717) is 4.90 Å². The Labute approximate surface area is 134 Å². The van der Waals surface area contributed by atoms with Crippen LogP contribution in [0.5, 0.6) is 0 Å². The standard InChI is InChI=1S/C13H12Cl2F3NO3/c1-2-22-11(20)6-19(7-13(16,17)18)12(21)8-3-4-9(14)10(15)5-8/h3-5H,2,6-7H2,1H3. The molecule has 0 radical (unpaired) electrons. The van der Waals surface area contributed by atoms with Crippen molar-refractivity contribution in [2.24, 2.45) is 0 Å². The van der Waals surface area contributed by atoms with Crippen molar-refractivity contribution in [3.63, 3.8) is 0 Å². The van der Waals surface area contributed by atoms with Crippen LogP contribution < -0.4 is 0 Å². The maximum atomic E-state index is 12.6. The van der Waals surface area contributed by atoms with Gasteiger partial charge in [0.2, 0.25) is 0 Å². The van der Waals surface area contributed by atoms with Gasteiger partial charge in [-0.1, -0.05) is 23.2 Å². The van der Waals surface area contributed by atoms with Gasteiger partial charge in [0, 0.05) is 5.56 Å². The molecule has 0 spiro atoms. The van der Waals surface area contributed by atoms with Gasteiger partial charge in [-0.05, 0) is 25.1 Å². The molecule has 1 rings (SSSR count). The molecule has 1 amide bonds. The van der Waals surface area contributed by atoms with Gasteiger partial charge < -0.3 is 9.64 Å². The van der Waals surface area contributed by atoms with E-state index in [9.17, 15) is 22.8 Å². The molecule has 4 nitrogen and oxygen atoms in total. The van der Waals surface area contributed by atoms with Crippen LogP contribution in [0.1, 0.15) is 17.3 Å². The molecular weight excluding hydrogens is 346 g/mol. The molecular formula is C13H12Cl2F3NO3. The van der Waals surface area contributed by atoms with Gasteiger partial charge in [0.05, 0.1) is 16.7 Å². The first kappa shape index (κ1) is 18.6. The van der Waals surface area contributed by atoms with Crippen LogP contribution in [0.2, 0.25) is 10.0 Å². The summed E-state index contributed by atoms with van der Waals surface area (Å²) in [5.41, 5.74) is -0.108. The number of esters is 1. The SMILES string of the molecule is CCOC(=O)CN(CC(F)(F)F)C(=O)c1ccc(Cl)c(Cl)c1. The molecule has 0 aromatic heterocycles. The number of hydrogen-bond donors (Lipinski definition) is 0. The third-order valence-electron chi connectivity index (χ3n) is 2.45. The van der Waals surface area contributed by atoms with E-state index in [4.69, 9.17) is 23.2 Å². The number of benzene rings is 1. The average molecular weight is 358 g/mol. The first-order chi connectivity index (χ1) is 10.1. The van der Waals surface area contributed by atoms with Gasteiger partial charge in [0.1, 0.15) is 13.1 Å². The van der Waals surface area contributed by atoms with Gasteiger partial charge in [0.25, 0.3) is 5.91 Å². The van der Waals surface area contributed by atoms with Crippen molar-refractivity contribution < 1.29 is 27.5 Å². The molecule has 1 aromatic rings. The van der Waals surface area contributed by atoms with E-state index in [1.54, 1.807) is 0 Å². The number of rotatable bonds is 5. The largest absolute Gasteiger partial charge is 0.465 e. The zero-order chi connectivity index (χ0) is 16.9. The Balaban J connectivity index is 3.00. The molecule has 0 bridgehead atoms. The van der Waals surface area contributed by atoms with Crippen LogP contribution in [-0.2, 0) is 9.53 Å². The van der Waals surface area contributed by atoms with Gasteiger partial charge in [-0.3, -0.25) is 9.59 Å². The summed E-state index contributed by atoms with van der Waals surface area (Å²) in [6, 6.07) is 3.65. The van der Waals surface area contributed by atoms with Gasteiger partial charge in [-0.2, -0.15) is 13.2 Å². The minimum atomic E-state index is -4.65. The number of amides is 1. The van der Waals surface area contributed by atoms with Gasteiger partial charge >= 0.3 is 12.1 Å². The van der Waals surface area contributed by atoms with Crippen molar-refractivity contribution in [1.82, 2.24) is 4.90 Å². The Morgan fingerprint density at radius 1 is 1.23 bits per heavy atom. The Bertz CT molecular complexity index is 564. The number of nitrogens with zero attached hydrogens (tertiary/aromatic N) is 1. The van der Waals surface area contributed by atoms with E-state index in [0.717, 1.165) is 6.07 Å². The quantitative estimate of drug-likeness (QED) is 0.757. The average Bonchev–Trinajstić information content (AvgIpc) is 2.39. The van der Waals surface area contributed by atoms with Crippen molar-refractivity contribution >= 4 is 35.1 Å². The highest BCUT2D eigenvalue weighted by atomic mass is 35.5. The molecule has 0 saturated carbocycles. The van der Waals surface area contributed by atoms with E-state index < -0.39 is 31.1 Å². The number of halogens is 5. The van der Waals surface area contributed by atoms with E-state index in [1.165, 1.54) is 19.1 Å². The lowest BCUT2D eigenvalue weighted by Gasteiger charge is -2.23. The van der Waals surface area contributed by atoms with Crippen LogP contribution in [0.3, 0.4) is 0 Å². The monoisotopic (exact) mass is 357 g/mol. The lowest BCUT2D eigenvalue weighted by molar-refractivity contribution is -0.153. The van der Waals surface area contributed by atoms with Crippen LogP contribution in [0.15, 0.2) is 18.2 Å². The van der Waals surface area contributed by atoms with Crippen molar-refractivity contribution in [3.05, 3.63) is 33.8 Å². The topological polar surface area (TPSA) is 46.6 Å². The molecule has 122 valence electrons. The summed E-state index contributed by atoms with van der Waals surface area (Å²) in [6.45, 7) is -0.885. The summed E-state index contributed by atoms with van der Waals surface area (Å²) in [6.07, 6.45) is -4.65. The highest BCUT2D eigenvalue weighted by Gasteiger charge is 2.34. The van der Waals surface area contributed by atoms with Crippen LogP contribution in [0.4, 0.5) is 13.2 Å². The summed E-state index contributed by atoms with van der Waals surface area (Å²) < 4.78 is 42.3. The zero-order valence-electron chi connectivity index (χ0n) is 11.4. The summed E-state index contributed by atoms with van der Waals surface area (Å²) in [5.74, 6) is -1.93. The Hall–Kier alpha value is -1.47. The molecule has 22 heavy (non-hydrogen) atoms. The Morgan fingerprint density at radius 3 is 2.36 bits per heavy atom. The molecule has 0 aliphatic heterocycles. The second kappa shape index (κ2) is 7.69. The molecule has 9 heteroatoms. The molecule has 0 saturated heterocycles. The summed E-state index contributed by atoms with van der Waals surface area (Å²) in [7, 11) is 0. The summed E-state index contributed by atoms with van der Waals surface area (Å²) >= 11 is 11.4. The second-order valence-corrected chi connectivity index (χ2v) is 5.02. The van der Waals surface area contributed by atoms with Gasteiger partial charge in [-0.15, -0.1) is 0 Å². The van der Waals surface area contributed by atoms with E-state index >= 15 is 0 Å². The van der Waals surface area contributed by atoms with E-state index in [2.05, 4.69) is 4.74 Å². The minimum Gasteiger partial charge on any atom is -0.465 e. The normalized spacial score (nSPS) is 11.2. The van der Waals surface area contributed by atoms with Gasteiger partial charge in [-0.25, -0.2) is 0 Å². The third kappa shape index (κ3) is 5.73. The molecule has 1 aromatic carbocycles. The predicted molar refractivity (Wildman–Crippen MR) is 75.1 cm³/mol. The summed E-state index contributed by atoms with van der Waals surface area (Å²) in [5, 5.41) is 0.182. The second-order valence-electron chi connectivity index (χ2n) is 4.21. The minimum absolute atomic E-state index is 0.000343.